The Morgan fingerprint density at radius 1 is 1.07 bits per heavy atom. The molecular formula is C25H33ClN2. The molecule has 2 nitrogen and oxygen atoms in total. The molecule has 0 amide bonds. The van der Waals surface area contributed by atoms with E-state index in [9.17, 15) is 0 Å². The van der Waals surface area contributed by atoms with Gasteiger partial charge < -0.3 is 4.98 Å². The van der Waals surface area contributed by atoms with Crippen LogP contribution in [0.3, 0.4) is 0 Å². The van der Waals surface area contributed by atoms with Crippen LogP contribution in [0.15, 0.2) is 36.4 Å². The second kappa shape index (κ2) is 10.1. The van der Waals surface area contributed by atoms with E-state index in [-0.39, 0.29) is 0 Å². The zero-order valence-corrected chi connectivity index (χ0v) is 18.3. The summed E-state index contributed by atoms with van der Waals surface area (Å²) in [5, 5.41) is 2.01. The molecule has 3 rings (SSSR count). The number of pyridine rings is 1. The lowest BCUT2D eigenvalue weighted by Crippen LogP contribution is -2.01. The summed E-state index contributed by atoms with van der Waals surface area (Å²) in [5.74, 6) is 0.846. The number of H-pyrrole nitrogens is 1. The predicted molar refractivity (Wildman–Crippen MR) is 121 cm³/mol. The molecule has 3 heteroatoms. The number of nitrogens with one attached hydrogen (secondary N) is 1. The summed E-state index contributed by atoms with van der Waals surface area (Å²) in [4.78, 5) is 8.38. The molecule has 1 atom stereocenters. The molecule has 0 bridgehead atoms. The van der Waals surface area contributed by atoms with Gasteiger partial charge in [0.1, 0.15) is 5.65 Å². The van der Waals surface area contributed by atoms with Crippen molar-refractivity contribution in [2.24, 2.45) is 5.92 Å². The zero-order valence-electron chi connectivity index (χ0n) is 17.5. The van der Waals surface area contributed by atoms with Crippen LogP contribution >= 0.6 is 11.6 Å². The lowest BCUT2D eigenvalue weighted by atomic mass is 9.93. The number of rotatable bonds is 10. The van der Waals surface area contributed by atoms with Crippen LogP contribution < -0.4 is 0 Å². The van der Waals surface area contributed by atoms with E-state index in [0.29, 0.717) is 0 Å². The van der Waals surface area contributed by atoms with Crippen molar-refractivity contribution in [1.29, 1.82) is 0 Å². The van der Waals surface area contributed by atoms with E-state index < -0.39 is 0 Å². The van der Waals surface area contributed by atoms with Gasteiger partial charge in [-0.05, 0) is 42.4 Å². The van der Waals surface area contributed by atoms with Gasteiger partial charge in [-0.1, -0.05) is 88.4 Å². The Labute approximate surface area is 174 Å². The molecule has 3 aromatic rings. The first-order valence-corrected chi connectivity index (χ1v) is 11.3. The number of fused-ring (bicyclic) bond motifs is 1. The van der Waals surface area contributed by atoms with Crippen LogP contribution in [0.1, 0.15) is 75.4 Å². The molecule has 2 heterocycles. The highest BCUT2D eigenvalue weighted by molar-refractivity contribution is 6.36. The van der Waals surface area contributed by atoms with E-state index in [1.54, 1.807) is 0 Å². The molecule has 0 saturated carbocycles. The summed E-state index contributed by atoms with van der Waals surface area (Å²) in [5.41, 5.74) is 5.81. The number of hydrogen-bond donors (Lipinski definition) is 1. The van der Waals surface area contributed by atoms with Gasteiger partial charge in [-0.3, -0.25) is 0 Å². The van der Waals surface area contributed by atoms with Gasteiger partial charge >= 0.3 is 0 Å². The van der Waals surface area contributed by atoms with Crippen molar-refractivity contribution in [2.75, 3.05) is 0 Å². The average Bonchev–Trinajstić information content (AvgIpc) is 3.03. The molecule has 0 saturated heterocycles. The maximum Gasteiger partial charge on any atom is 0.139 e. The van der Waals surface area contributed by atoms with Gasteiger partial charge in [-0.25, -0.2) is 4.98 Å². The molecule has 0 aliphatic carbocycles. The Morgan fingerprint density at radius 3 is 2.54 bits per heavy atom. The summed E-state index contributed by atoms with van der Waals surface area (Å²) in [6.07, 6.45) is 9.24. The number of nitrogens with zero attached hydrogens (tertiary/aromatic N) is 1. The van der Waals surface area contributed by atoms with Gasteiger partial charge in [-0.15, -0.1) is 0 Å². The van der Waals surface area contributed by atoms with Crippen molar-refractivity contribution in [1.82, 2.24) is 9.97 Å². The zero-order chi connectivity index (χ0) is 19.9. The molecule has 150 valence electrons. The van der Waals surface area contributed by atoms with Gasteiger partial charge in [0.25, 0.3) is 0 Å². The number of hydrogen-bond acceptors (Lipinski definition) is 1. The van der Waals surface area contributed by atoms with Crippen LogP contribution in [0, 0.1) is 5.92 Å². The minimum absolute atomic E-state index is 0.846. The molecule has 28 heavy (non-hydrogen) atoms. The smallest absolute Gasteiger partial charge is 0.139 e. The lowest BCUT2D eigenvalue weighted by Gasteiger charge is -2.14. The van der Waals surface area contributed by atoms with Crippen LogP contribution in [0.2, 0.25) is 5.02 Å². The fourth-order valence-electron chi connectivity index (χ4n) is 4.22. The number of benzene rings is 1. The quantitative estimate of drug-likeness (QED) is 0.377. The Hall–Kier alpha value is -1.80. The molecule has 0 fully saturated rings. The van der Waals surface area contributed by atoms with Crippen molar-refractivity contribution in [3.63, 3.8) is 0 Å². The predicted octanol–water partition coefficient (Wildman–Crippen LogP) is 7.52. The lowest BCUT2D eigenvalue weighted by molar-refractivity contribution is 0.420. The SMILES string of the molecule is CCC[C@@H](CC)CCCc1cc(Cc2ccccc2)nc2[nH]c(CC)c(Cl)c12. The van der Waals surface area contributed by atoms with Crippen LogP contribution in [0.4, 0.5) is 0 Å². The minimum atomic E-state index is 0.846. The van der Waals surface area contributed by atoms with E-state index >= 15 is 0 Å². The van der Waals surface area contributed by atoms with Crippen molar-refractivity contribution < 1.29 is 0 Å². The third kappa shape index (κ3) is 4.97. The average molecular weight is 397 g/mol. The van der Waals surface area contributed by atoms with E-state index in [1.165, 1.54) is 43.2 Å². The topological polar surface area (TPSA) is 28.7 Å². The van der Waals surface area contributed by atoms with Gasteiger partial charge in [0.05, 0.1) is 5.02 Å². The van der Waals surface area contributed by atoms with E-state index in [0.717, 1.165) is 52.6 Å². The van der Waals surface area contributed by atoms with Crippen molar-refractivity contribution >= 4 is 22.6 Å². The second-order valence-electron chi connectivity index (χ2n) is 7.88. The van der Waals surface area contributed by atoms with Crippen LogP contribution in [0.5, 0.6) is 0 Å². The van der Waals surface area contributed by atoms with E-state index in [4.69, 9.17) is 16.6 Å². The standard InChI is InChI=1S/C25H33ClN2/c1-4-11-18(5-2)14-10-15-20-17-21(16-19-12-8-7-9-13-19)27-25-23(20)24(26)22(6-3)28-25/h7-9,12-13,17-18H,4-6,10-11,14-16H2,1-3H3,(H,27,28)/t18-/m1/s1. The van der Waals surface area contributed by atoms with Crippen LogP contribution in [0.25, 0.3) is 11.0 Å². The molecule has 0 aliphatic rings. The molecular weight excluding hydrogens is 364 g/mol. The van der Waals surface area contributed by atoms with E-state index in [2.05, 4.69) is 62.2 Å². The number of aromatic nitrogens is 2. The van der Waals surface area contributed by atoms with Gasteiger partial charge in [-0.2, -0.15) is 0 Å². The monoisotopic (exact) mass is 396 g/mol. The third-order valence-corrected chi connectivity index (χ3v) is 6.24. The molecule has 1 aromatic carbocycles. The number of aromatic amines is 1. The summed E-state index contributed by atoms with van der Waals surface area (Å²) in [6, 6.07) is 12.9. The number of halogens is 1. The van der Waals surface area contributed by atoms with Gasteiger partial charge in [0.2, 0.25) is 0 Å². The van der Waals surface area contributed by atoms with Crippen molar-refractivity contribution in [3.8, 4) is 0 Å². The summed E-state index contributed by atoms with van der Waals surface area (Å²) in [6.45, 7) is 6.74. The number of aryl methyl sites for hydroxylation is 2. The fourth-order valence-corrected chi connectivity index (χ4v) is 4.61. The Bertz CT molecular complexity index is 882. The summed E-state index contributed by atoms with van der Waals surface area (Å²) >= 11 is 6.72. The Kier molecular flexibility index (Phi) is 7.56. The molecule has 0 aliphatic heterocycles. The van der Waals surface area contributed by atoms with Crippen molar-refractivity contribution in [3.05, 3.63) is 63.9 Å². The maximum atomic E-state index is 6.72. The third-order valence-electron chi connectivity index (χ3n) is 5.82. The fraction of sp³-hybridized carbons (Fsp3) is 0.480. The molecule has 0 unspecified atom stereocenters. The molecule has 0 spiro atoms. The van der Waals surface area contributed by atoms with E-state index in [1.807, 2.05) is 0 Å². The highest BCUT2D eigenvalue weighted by Gasteiger charge is 2.16. The molecule has 0 radical (unpaired) electrons. The maximum absolute atomic E-state index is 6.72. The molecule has 2 aromatic heterocycles. The first-order chi connectivity index (χ1) is 13.7. The van der Waals surface area contributed by atoms with Gasteiger partial charge in [0, 0.05) is 23.2 Å². The normalized spacial score (nSPS) is 12.6. The largest absolute Gasteiger partial charge is 0.342 e. The van der Waals surface area contributed by atoms with Crippen LogP contribution in [-0.2, 0) is 19.3 Å². The first kappa shape index (κ1) is 20.9. The van der Waals surface area contributed by atoms with Crippen molar-refractivity contribution in [2.45, 2.75) is 72.1 Å². The highest BCUT2D eigenvalue weighted by Crippen LogP contribution is 2.32. The minimum Gasteiger partial charge on any atom is -0.342 e. The summed E-state index contributed by atoms with van der Waals surface area (Å²) < 4.78 is 0. The Morgan fingerprint density at radius 2 is 1.86 bits per heavy atom. The second-order valence-corrected chi connectivity index (χ2v) is 8.26. The summed E-state index contributed by atoms with van der Waals surface area (Å²) in [7, 11) is 0. The first-order valence-electron chi connectivity index (χ1n) is 10.9. The highest BCUT2D eigenvalue weighted by atomic mass is 35.5. The Balaban J connectivity index is 1.88. The molecule has 1 N–H and O–H groups in total. The van der Waals surface area contributed by atoms with Crippen LogP contribution in [-0.4, -0.2) is 9.97 Å². The van der Waals surface area contributed by atoms with Gasteiger partial charge in [0.15, 0.2) is 0 Å².